The Morgan fingerprint density at radius 1 is 1.38 bits per heavy atom. The molecular formula is C15H21Cl2N3O. The van der Waals surface area contributed by atoms with Crippen LogP contribution in [0.3, 0.4) is 0 Å². The van der Waals surface area contributed by atoms with Crippen LogP contribution in [0.15, 0.2) is 12.3 Å². The van der Waals surface area contributed by atoms with Crippen LogP contribution in [0.25, 0.3) is 0 Å². The first kappa shape index (κ1) is 16.5. The molecule has 6 heteroatoms. The molecule has 1 fully saturated rings. The number of rotatable bonds is 5. The summed E-state index contributed by atoms with van der Waals surface area (Å²) in [4.78, 5) is 18.6. The van der Waals surface area contributed by atoms with E-state index in [4.69, 9.17) is 23.2 Å². The van der Waals surface area contributed by atoms with Crippen molar-refractivity contribution in [3.05, 3.63) is 28.0 Å². The van der Waals surface area contributed by atoms with Gasteiger partial charge in [-0.05, 0) is 37.9 Å². The molecule has 116 valence electrons. The summed E-state index contributed by atoms with van der Waals surface area (Å²) in [5.41, 5.74) is 0.376. The summed E-state index contributed by atoms with van der Waals surface area (Å²) >= 11 is 11.8. The maximum Gasteiger partial charge on any atom is 0.253 e. The Morgan fingerprint density at radius 3 is 2.67 bits per heavy atom. The van der Waals surface area contributed by atoms with Crippen molar-refractivity contribution < 1.29 is 4.79 Å². The van der Waals surface area contributed by atoms with Crippen LogP contribution in [0, 0.1) is 5.92 Å². The molecule has 1 aromatic rings. The van der Waals surface area contributed by atoms with Gasteiger partial charge in [0.15, 0.2) is 0 Å². The summed E-state index contributed by atoms with van der Waals surface area (Å²) < 4.78 is 0. The molecule has 0 bridgehead atoms. The maximum absolute atomic E-state index is 12.3. The second-order valence-electron chi connectivity index (χ2n) is 5.75. The number of nitrogens with one attached hydrogen (secondary N) is 1. The fourth-order valence-corrected chi connectivity index (χ4v) is 3.09. The van der Waals surface area contributed by atoms with Gasteiger partial charge in [-0.2, -0.15) is 0 Å². The molecule has 1 atom stereocenters. The van der Waals surface area contributed by atoms with E-state index in [0.717, 1.165) is 13.1 Å². The van der Waals surface area contributed by atoms with Crippen molar-refractivity contribution in [2.24, 2.45) is 5.92 Å². The lowest BCUT2D eigenvalue weighted by molar-refractivity contribution is 0.0927. The predicted molar refractivity (Wildman–Crippen MR) is 86.0 cm³/mol. The largest absolute Gasteiger partial charge is 0.350 e. The molecule has 2 rings (SSSR count). The van der Waals surface area contributed by atoms with Crippen molar-refractivity contribution >= 4 is 29.1 Å². The highest BCUT2D eigenvalue weighted by molar-refractivity contribution is 6.35. The SMILES string of the molecule is CC(C)C(CNC(=O)c1cc(Cl)ncc1Cl)N1CCCC1. The minimum atomic E-state index is -0.200. The van der Waals surface area contributed by atoms with Crippen LogP contribution in [-0.2, 0) is 0 Å². The molecule has 1 aliphatic rings. The third-order valence-corrected chi connectivity index (χ3v) is 4.43. The molecule has 1 unspecified atom stereocenters. The lowest BCUT2D eigenvalue weighted by Gasteiger charge is -2.31. The average molecular weight is 330 g/mol. The number of nitrogens with zero attached hydrogens (tertiary/aromatic N) is 2. The van der Waals surface area contributed by atoms with Crippen LogP contribution in [0.5, 0.6) is 0 Å². The zero-order chi connectivity index (χ0) is 15.4. The summed E-state index contributed by atoms with van der Waals surface area (Å²) in [6.45, 7) is 7.21. The third-order valence-electron chi connectivity index (χ3n) is 3.92. The van der Waals surface area contributed by atoms with Crippen molar-refractivity contribution in [3.63, 3.8) is 0 Å². The number of hydrogen-bond donors (Lipinski definition) is 1. The van der Waals surface area contributed by atoms with Gasteiger partial charge in [-0.1, -0.05) is 37.0 Å². The van der Waals surface area contributed by atoms with Crippen molar-refractivity contribution in [1.29, 1.82) is 0 Å². The van der Waals surface area contributed by atoms with Crippen LogP contribution >= 0.6 is 23.2 Å². The fraction of sp³-hybridized carbons (Fsp3) is 0.600. The summed E-state index contributed by atoms with van der Waals surface area (Å²) in [7, 11) is 0. The van der Waals surface area contributed by atoms with Gasteiger partial charge in [0.05, 0.1) is 10.6 Å². The van der Waals surface area contributed by atoms with E-state index in [9.17, 15) is 4.79 Å². The maximum atomic E-state index is 12.3. The van der Waals surface area contributed by atoms with Gasteiger partial charge in [0, 0.05) is 18.8 Å². The minimum Gasteiger partial charge on any atom is -0.350 e. The van der Waals surface area contributed by atoms with Crippen molar-refractivity contribution in [1.82, 2.24) is 15.2 Å². The summed E-state index contributed by atoms with van der Waals surface area (Å²) in [6.07, 6.45) is 3.88. The number of amides is 1. The Morgan fingerprint density at radius 2 is 2.05 bits per heavy atom. The van der Waals surface area contributed by atoms with Crippen molar-refractivity contribution in [2.75, 3.05) is 19.6 Å². The first-order valence-corrected chi connectivity index (χ1v) is 8.08. The Balaban J connectivity index is 1.99. The number of carbonyl (C=O) groups excluding carboxylic acids is 1. The summed E-state index contributed by atoms with van der Waals surface area (Å²) in [6, 6.07) is 1.85. The van der Waals surface area contributed by atoms with E-state index in [0.29, 0.717) is 29.1 Å². The highest BCUT2D eigenvalue weighted by Gasteiger charge is 2.25. The first-order chi connectivity index (χ1) is 9.99. The molecule has 0 aliphatic carbocycles. The molecule has 4 nitrogen and oxygen atoms in total. The van der Waals surface area contributed by atoms with Gasteiger partial charge in [-0.15, -0.1) is 0 Å². The summed E-state index contributed by atoms with van der Waals surface area (Å²) in [5, 5.41) is 3.56. The normalized spacial score (nSPS) is 17.2. The predicted octanol–water partition coefficient (Wildman–Crippen LogP) is 3.24. The standard InChI is InChI=1S/C15H21Cl2N3O/c1-10(2)13(20-5-3-4-6-20)9-19-15(21)11-7-14(17)18-8-12(11)16/h7-8,10,13H,3-6,9H2,1-2H3,(H,19,21). The van der Waals surface area contributed by atoms with Crippen LogP contribution in [0.2, 0.25) is 10.2 Å². The molecule has 1 saturated heterocycles. The van der Waals surface area contributed by atoms with Crippen LogP contribution in [-0.4, -0.2) is 41.5 Å². The molecule has 0 spiro atoms. The molecule has 0 radical (unpaired) electrons. The number of aromatic nitrogens is 1. The zero-order valence-electron chi connectivity index (χ0n) is 12.4. The van der Waals surface area contributed by atoms with Crippen molar-refractivity contribution in [3.8, 4) is 0 Å². The van der Waals surface area contributed by atoms with E-state index in [2.05, 4.69) is 29.0 Å². The van der Waals surface area contributed by atoms with Crippen LogP contribution < -0.4 is 5.32 Å². The molecule has 0 saturated carbocycles. The molecule has 1 N–H and O–H groups in total. The van der Waals surface area contributed by atoms with E-state index in [-0.39, 0.29) is 11.1 Å². The lowest BCUT2D eigenvalue weighted by Crippen LogP contribution is -2.45. The number of hydrogen-bond acceptors (Lipinski definition) is 3. The Kier molecular flexibility index (Phi) is 5.85. The van der Waals surface area contributed by atoms with Gasteiger partial charge in [-0.25, -0.2) is 4.98 Å². The van der Waals surface area contributed by atoms with E-state index in [1.54, 1.807) is 0 Å². The molecule has 1 amide bonds. The quantitative estimate of drug-likeness (QED) is 0.843. The molecule has 21 heavy (non-hydrogen) atoms. The molecular weight excluding hydrogens is 309 g/mol. The highest BCUT2D eigenvalue weighted by atomic mass is 35.5. The number of likely N-dealkylation sites (tertiary alicyclic amines) is 1. The second-order valence-corrected chi connectivity index (χ2v) is 6.55. The van der Waals surface area contributed by atoms with Gasteiger partial charge in [0.1, 0.15) is 5.15 Å². The number of pyridine rings is 1. The fourth-order valence-electron chi connectivity index (χ4n) is 2.74. The first-order valence-electron chi connectivity index (χ1n) is 7.32. The Hall–Kier alpha value is -0.840. The molecule has 1 aromatic heterocycles. The highest BCUT2D eigenvalue weighted by Crippen LogP contribution is 2.19. The minimum absolute atomic E-state index is 0.200. The third kappa shape index (κ3) is 4.31. The second kappa shape index (κ2) is 7.43. The van der Waals surface area contributed by atoms with Gasteiger partial charge in [-0.3, -0.25) is 9.69 Å². The van der Waals surface area contributed by atoms with Gasteiger partial charge < -0.3 is 5.32 Å². The van der Waals surface area contributed by atoms with E-state index in [1.807, 2.05) is 0 Å². The smallest absolute Gasteiger partial charge is 0.253 e. The van der Waals surface area contributed by atoms with E-state index in [1.165, 1.54) is 25.1 Å². The molecule has 1 aliphatic heterocycles. The number of halogens is 2. The Labute approximate surface area is 135 Å². The number of carbonyl (C=O) groups is 1. The summed E-state index contributed by atoms with van der Waals surface area (Å²) in [5.74, 6) is 0.286. The monoisotopic (exact) mass is 329 g/mol. The topological polar surface area (TPSA) is 45.2 Å². The lowest BCUT2D eigenvalue weighted by atomic mass is 10.0. The van der Waals surface area contributed by atoms with E-state index >= 15 is 0 Å². The van der Waals surface area contributed by atoms with Gasteiger partial charge in [0.25, 0.3) is 5.91 Å². The van der Waals surface area contributed by atoms with Gasteiger partial charge >= 0.3 is 0 Å². The van der Waals surface area contributed by atoms with Crippen LogP contribution in [0.1, 0.15) is 37.0 Å². The van der Waals surface area contributed by atoms with Gasteiger partial charge in [0.2, 0.25) is 0 Å². The van der Waals surface area contributed by atoms with Crippen LogP contribution in [0.4, 0.5) is 0 Å². The average Bonchev–Trinajstić information content (AvgIpc) is 2.95. The molecule has 0 aromatic carbocycles. The zero-order valence-corrected chi connectivity index (χ0v) is 13.9. The Bertz CT molecular complexity index is 502. The molecule has 2 heterocycles. The van der Waals surface area contributed by atoms with E-state index < -0.39 is 0 Å². The van der Waals surface area contributed by atoms with Crippen molar-refractivity contribution in [2.45, 2.75) is 32.7 Å².